The topological polar surface area (TPSA) is 68.1 Å². The van der Waals surface area contributed by atoms with Crippen molar-refractivity contribution in [1.29, 1.82) is 0 Å². The van der Waals surface area contributed by atoms with Crippen LogP contribution in [0.2, 0.25) is 0 Å². The van der Waals surface area contributed by atoms with Crippen molar-refractivity contribution < 1.29 is 4.92 Å². The summed E-state index contributed by atoms with van der Waals surface area (Å²) in [4.78, 5) is 16.1. The van der Waals surface area contributed by atoms with Gasteiger partial charge in [-0.1, -0.05) is 13.0 Å². The van der Waals surface area contributed by atoms with E-state index in [2.05, 4.69) is 17.2 Å². The zero-order valence-electron chi connectivity index (χ0n) is 10.8. The number of anilines is 1. The van der Waals surface area contributed by atoms with Crippen molar-refractivity contribution in [3.63, 3.8) is 0 Å². The summed E-state index contributed by atoms with van der Waals surface area (Å²) in [6.07, 6.45) is 2.81. The van der Waals surface area contributed by atoms with Crippen LogP contribution in [0.4, 0.5) is 11.4 Å². The fourth-order valence-corrected chi connectivity index (χ4v) is 2.51. The summed E-state index contributed by atoms with van der Waals surface area (Å²) >= 11 is 1.63. The highest BCUT2D eigenvalue weighted by Gasteiger charge is 2.13. The first-order valence-corrected chi connectivity index (χ1v) is 6.84. The van der Waals surface area contributed by atoms with Gasteiger partial charge in [-0.2, -0.15) is 0 Å². The fraction of sp³-hybridized carbons (Fsp3) is 0.308. The number of thiazole rings is 1. The van der Waals surface area contributed by atoms with Crippen molar-refractivity contribution in [2.45, 2.75) is 26.8 Å². The van der Waals surface area contributed by atoms with E-state index in [4.69, 9.17) is 0 Å². The first-order chi connectivity index (χ1) is 9.10. The third-order valence-corrected chi connectivity index (χ3v) is 3.87. The van der Waals surface area contributed by atoms with E-state index in [9.17, 15) is 10.1 Å². The van der Waals surface area contributed by atoms with Crippen LogP contribution in [0.1, 0.15) is 22.4 Å². The third-order valence-electron chi connectivity index (χ3n) is 2.73. The van der Waals surface area contributed by atoms with Crippen molar-refractivity contribution in [3.05, 3.63) is 50.0 Å². The molecule has 1 heterocycles. The summed E-state index contributed by atoms with van der Waals surface area (Å²) in [6.45, 7) is 4.43. The summed E-state index contributed by atoms with van der Waals surface area (Å²) in [6, 6.07) is 5.16. The van der Waals surface area contributed by atoms with Gasteiger partial charge < -0.3 is 5.32 Å². The van der Waals surface area contributed by atoms with Gasteiger partial charge in [0.1, 0.15) is 10.7 Å². The molecule has 100 valence electrons. The Balaban J connectivity index is 2.12. The lowest BCUT2D eigenvalue weighted by Gasteiger charge is -2.05. The first-order valence-electron chi connectivity index (χ1n) is 6.02. The van der Waals surface area contributed by atoms with E-state index >= 15 is 0 Å². The first kappa shape index (κ1) is 13.5. The second kappa shape index (κ2) is 5.79. The predicted octanol–water partition coefficient (Wildman–Crippen LogP) is 3.53. The molecule has 1 aromatic carbocycles. The van der Waals surface area contributed by atoms with Gasteiger partial charge in [0.05, 0.1) is 11.5 Å². The standard InChI is InChI=1S/C13H15N3O2S/c1-3-10-7-15-13(19-10)8-14-11-5-4-9(2)6-12(11)16(17)18/h4-7,14H,3,8H2,1-2H3. The number of hydrogen-bond acceptors (Lipinski definition) is 5. The van der Waals surface area contributed by atoms with Gasteiger partial charge in [0.15, 0.2) is 0 Å². The number of rotatable bonds is 5. The molecule has 0 saturated carbocycles. The molecule has 0 aliphatic heterocycles. The van der Waals surface area contributed by atoms with Crippen LogP contribution in [0.15, 0.2) is 24.4 Å². The number of aryl methyl sites for hydroxylation is 2. The van der Waals surface area contributed by atoms with Crippen molar-refractivity contribution >= 4 is 22.7 Å². The molecule has 0 amide bonds. The summed E-state index contributed by atoms with van der Waals surface area (Å²) < 4.78 is 0. The average molecular weight is 277 g/mol. The number of nitrogens with zero attached hydrogens (tertiary/aromatic N) is 2. The highest BCUT2D eigenvalue weighted by molar-refractivity contribution is 7.11. The summed E-state index contributed by atoms with van der Waals surface area (Å²) in [7, 11) is 0. The molecule has 6 heteroatoms. The third kappa shape index (κ3) is 3.29. The Morgan fingerprint density at radius 1 is 1.47 bits per heavy atom. The molecule has 0 atom stereocenters. The molecular weight excluding hydrogens is 262 g/mol. The molecule has 1 aromatic heterocycles. The monoisotopic (exact) mass is 277 g/mol. The molecule has 0 aliphatic carbocycles. The Bertz CT molecular complexity index is 595. The van der Waals surface area contributed by atoms with E-state index in [1.807, 2.05) is 19.2 Å². The highest BCUT2D eigenvalue weighted by atomic mass is 32.1. The Labute approximate surface area is 115 Å². The molecule has 2 rings (SSSR count). The number of nitrogens with one attached hydrogen (secondary N) is 1. The van der Waals surface area contributed by atoms with E-state index in [0.29, 0.717) is 12.2 Å². The van der Waals surface area contributed by atoms with E-state index in [0.717, 1.165) is 17.0 Å². The average Bonchev–Trinajstić information content (AvgIpc) is 2.85. The van der Waals surface area contributed by atoms with E-state index in [1.165, 1.54) is 4.88 Å². The molecule has 1 N–H and O–H groups in total. The molecule has 0 bridgehead atoms. The summed E-state index contributed by atoms with van der Waals surface area (Å²) in [5, 5.41) is 15.0. The van der Waals surface area contributed by atoms with Gasteiger partial charge in [0.25, 0.3) is 5.69 Å². The van der Waals surface area contributed by atoms with Crippen LogP contribution in [0.5, 0.6) is 0 Å². The molecule has 19 heavy (non-hydrogen) atoms. The van der Waals surface area contributed by atoms with Crippen molar-refractivity contribution in [1.82, 2.24) is 4.98 Å². The SMILES string of the molecule is CCc1cnc(CNc2ccc(C)cc2[N+](=O)[O-])s1. The molecule has 5 nitrogen and oxygen atoms in total. The van der Waals surface area contributed by atoms with Crippen LogP contribution >= 0.6 is 11.3 Å². The van der Waals surface area contributed by atoms with E-state index in [-0.39, 0.29) is 10.6 Å². The predicted molar refractivity (Wildman–Crippen MR) is 76.7 cm³/mol. The van der Waals surface area contributed by atoms with Gasteiger partial charge in [-0.05, 0) is 25.0 Å². The Kier molecular flexibility index (Phi) is 4.11. The Morgan fingerprint density at radius 2 is 2.26 bits per heavy atom. The maximum atomic E-state index is 11.0. The van der Waals surface area contributed by atoms with Crippen LogP contribution < -0.4 is 5.32 Å². The lowest BCUT2D eigenvalue weighted by Crippen LogP contribution is -2.02. The maximum absolute atomic E-state index is 11.0. The zero-order chi connectivity index (χ0) is 13.8. The molecule has 0 spiro atoms. The van der Waals surface area contributed by atoms with Crippen LogP contribution in [0, 0.1) is 17.0 Å². The maximum Gasteiger partial charge on any atom is 0.292 e. The minimum atomic E-state index is -0.366. The number of nitro groups is 1. The Hall–Kier alpha value is -1.95. The second-order valence-corrected chi connectivity index (χ2v) is 5.40. The van der Waals surface area contributed by atoms with Crippen molar-refractivity contribution in [2.75, 3.05) is 5.32 Å². The van der Waals surface area contributed by atoms with Crippen LogP contribution in [0.25, 0.3) is 0 Å². The normalized spacial score (nSPS) is 10.4. The lowest BCUT2D eigenvalue weighted by molar-refractivity contribution is -0.384. The van der Waals surface area contributed by atoms with Gasteiger partial charge in [0.2, 0.25) is 0 Å². The number of nitro benzene ring substituents is 1. The molecule has 0 unspecified atom stereocenters. The zero-order valence-corrected chi connectivity index (χ0v) is 11.7. The molecule has 0 fully saturated rings. The van der Waals surface area contributed by atoms with Gasteiger partial charge in [-0.3, -0.25) is 10.1 Å². The van der Waals surface area contributed by atoms with Gasteiger partial charge in [-0.15, -0.1) is 11.3 Å². The smallest absolute Gasteiger partial charge is 0.292 e. The van der Waals surface area contributed by atoms with Crippen molar-refractivity contribution in [3.8, 4) is 0 Å². The van der Waals surface area contributed by atoms with Gasteiger partial charge in [0, 0.05) is 17.1 Å². The fourth-order valence-electron chi connectivity index (χ4n) is 1.71. The lowest BCUT2D eigenvalue weighted by atomic mass is 10.2. The molecule has 0 radical (unpaired) electrons. The molecule has 0 aliphatic rings. The largest absolute Gasteiger partial charge is 0.373 e. The van der Waals surface area contributed by atoms with E-state index < -0.39 is 0 Å². The quantitative estimate of drug-likeness (QED) is 0.670. The van der Waals surface area contributed by atoms with Crippen LogP contribution in [0.3, 0.4) is 0 Å². The summed E-state index contributed by atoms with van der Waals surface area (Å²) in [5.74, 6) is 0. The van der Waals surface area contributed by atoms with Crippen LogP contribution in [-0.4, -0.2) is 9.91 Å². The second-order valence-electron chi connectivity index (χ2n) is 4.21. The van der Waals surface area contributed by atoms with Gasteiger partial charge in [-0.25, -0.2) is 4.98 Å². The summed E-state index contributed by atoms with van der Waals surface area (Å²) in [5.41, 5.74) is 1.51. The van der Waals surface area contributed by atoms with Crippen molar-refractivity contribution in [2.24, 2.45) is 0 Å². The highest BCUT2D eigenvalue weighted by Crippen LogP contribution is 2.26. The minimum absolute atomic E-state index is 0.104. The van der Waals surface area contributed by atoms with Gasteiger partial charge >= 0.3 is 0 Å². The molecular formula is C13H15N3O2S. The van der Waals surface area contributed by atoms with Crippen LogP contribution in [-0.2, 0) is 13.0 Å². The number of benzene rings is 1. The number of aromatic nitrogens is 1. The van der Waals surface area contributed by atoms with E-state index in [1.54, 1.807) is 23.5 Å². The Morgan fingerprint density at radius 3 is 2.89 bits per heavy atom. The molecule has 0 saturated heterocycles. The molecule has 2 aromatic rings. The minimum Gasteiger partial charge on any atom is -0.373 e. The number of hydrogen-bond donors (Lipinski definition) is 1.